The van der Waals surface area contributed by atoms with Gasteiger partial charge in [0, 0.05) is 5.69 Å². The van der Waals surface area contributed by atoms with Gasteiger partial charge in [0.05, 0.1) is 11.5 Å². The highest BCUT2D eigenvalue weighted by Gasteiger charge is 2.21. The number of nitrogen functional groups attached to an aromatic ring is 1. The van der Waals surface area contributed by atoms with Gasteiger partial charge in [-0.1, -0.05) is 29.5 Å². The molecule has 2 heterocycles. The highest BCUT2D eigenvalue weighted by Crippen LogP contribution is 2.26. The van der Waals surface area contributed by atoms with Gasteiger partial charge in [-0.15, -0.1) is 10.2 Å². The zero-order chi connectivity index (χ0) is 18.0. The van der Waals surface area contributed by atoms with Crippen molar-refractivity contribution in [2.45, 2.75) is 31.2 Å². The van der Waals surface area contributed by atoms with Gasteiger partial charge in [-0.3, -0.25) is 4.79 Å². The predicted molar refractivity (Wildman–Crippen MR) is 97.7 cm³/mol. The topological polar surface area (TPSA) is 99.0 Å². The van der Waals surface area contributed by atoms with Crippen LogP contribution in [-0.2, 0) is 4.79 Å². The van der Waals surface area contributed by atoms with Gasteiger partial charge in [-0.05, 0) is 44.5 Å². The number of furan rings is 1. The maximum Gasteiger partial charge on any atom is 0.237 e. The van der Waals surface area contributed by atoms with Gasteiger partial charge in [-0.2, -0.15) is 0 Å². The smallest absolute Gasteiger partial charge is 0.237 e. The second-order valence-electron chi connectivity index (χ2n) is 5.72. The molecule has 0 aliphatic rings. The Morgan fingerprint density at radius 1 is 1.32 bits per heavy atom. The fourth-order valence-electron chi connectivity index (χ4n) is 2.33. The van der Waals surface area contributed by atoms with Crippen LogP contribution < -0.4 is 11.2 Å². The lowest BCUT2D eigenvalue weighted by Gasteiger charge is -2.13. The SMILES string of the molecule is Cc1ccc(NC(=O)C(C)Sc2nnc(-c3ccco3)n2N)c(C)c1. The van der Waals surface area contributed by atoms with Gasteiger partial charge in [0.1, 0.15) is 0 Å². The normalized spacial score (nSPS) is 12.1. The predicted octanol–water partition coefficient (Wildman–Crippen LogP) is 2.99. The second-order valence-corrected chi connectivity index (χ2v) is 7.03. The molecule has 1 amide bonds. The molecular weight excluding hydrogens is 338 g/mol. The van der Waals surface area contributed by atoms with E-state index in [1.54, 1.807) is 19.1 Å². The quantitative estimate of drug-likeness (QED) is 0.538. The molecule has 1 aromatic carbocycles. The number of amides is 1. The first kappa shape index (κ1) is 17.1. The fourth-order valence-corrected chi connectivity index (χ4v) is 3.10. The third kappa shape index (κ3) is 3.69. The van der Waals surface area contributed by atoms with E-state index in [0.29, 0.717) is 16.7 Å². The average Bonchev–Trinajstić information content (AvgIpc) is 3.20. The Balaban J connectivity index is 1.69. The molecule has 25 heavy (non-hydrogen) atoms. The maximum atomic E-state index is 12.5. The molecule has 7 nitrogen and oxygen atoms in total. The van der Waals surface area contributed by atoms with Crippen LogP contribution in [0.5, 0.6) is 0 Å². The summed E-state index contributed by atoms with van der Waals surface area (Å²) in [6, 6.07) is 9.39. The number of anilines is 1. The number of rotatable bonds is 5. The number of hydrogen-bond donors (Lipinski definition) is 2. The number of aryl methyl sites for hydroxylation is 2. The molecule has 3 N–H and O–H groups in total. The van der Waals surface area contributed by atoms with E-state index in [0.717, 1.165) is 16.8 Å². The Hall–Kier alpha value is -2.74. The van der Waals surface area contributed by atoms with Crippen molar-refractivity contribution in [3.05, 3.63) is 47.7 Å². The summed E-state index contributed by atoms with van der Waals surface area (Å²) in [6.07, 6.45) is 1.54. The Labute approximate surface area is 149 Å². The number of aromatic nitrogens is 3. The van der Waals surface area contributed by atoms with Crippen molar-refractivity contribution in [1.29, 1.82) is 0 Å². The minimum absolute atomic E-state index is 0.125. The molecule has 2 aromatic heterocycles. The van der Waals surface area contributed by atoms with Gasteiger partial charge in [0.15, 0.2) is 5.76 Å². The number of carbonyl (C=O) groups is 1. The highest BCUT2D eigenvalue weighted by molar-refractivity contribution is 8.00. The number of thioether (sulfide) groups is 1. The van der Waals surface area contributed by atoms with Crippen LogP contribution in [0.4, 0.5) is 5.69 Å². The van der Waals surface area contributed by atoms with E-state index in [4.69, 9.17) is 10.3 Å². The van der Waals surface area contributed by atoms with Crippen LogP contribution in [0.2, 0.25) is 0 Å². The second kappa shape index (κ2) is 7.02. The summed E-state index contributed by atoms with van der Waals surface area (Å²) in [5.74, 6) is 6.82. The number of hydrogen-bond acceptors (Lipinski definition) is 6. The van der Waals surface area contributed by atoms with Gasteiger partial charge in [0.25, 0.3) is 0 Å². The first-order chi connectivity index (χ1) is 12.0. The van der Waals surface area contributed by atoms with Crippen LogP contribution in [0.15, 0.2) is 46.2 Å². The molecule has 3 rings (SSSR count). The zero-order valence-electron chi connectivity index (χ0n) is 14.2. The zero-order valence-corrected chi connectivity index (χ0v) is 15.0. The number of benzene rings is 1. The number of nitrogens with zero attached hydrogens (tertiary/aromatic N) is 3. The van der Waals surface area contributed by atoms with Crippen molar-refractivity contribution in [2.24, 2.45) is 0 Å². The molecule has 8 heteroatoms. The number of nitrogens with two attached hydrogens (primary N) is 1. The first-order valence-electron chi connectivity index (χ1n) is 7.75. The molecule has 3 aromatic rings. The Bertz CT molecular complexity index is 889. The van der Waals surface area contributed by atoms with E-state index in [1.807, 2.05) is 32.0 Å². The molecule has 0 spiro atoms. The van der Waals surface area contributed by atoms with Crippen molar-refractivity contribution < 1.29 is 9.21 Å². The fraction of sp³-hybridized carbons (Fsp3) is 0.235. The molecule has 0 radical (unpaired) electrons. The molecule has 0 bridgehead atoms. The van der Waals surface area contributed by atoms with Crippen LogP contribution in [0.1, 0.15) is 18.1 Å². The molecule has 0 aliphatic carbocycles. The largest absolute Gasteiger partial charge is 0.461 e. The van der Waals surface area contributed by atoms with Crippen molar-refractivity contribution >= 4 is 23.4 Å². The van der Waals surface area contributed by atoms with E-state index >= 15 is 0 Å². The molecule has 0 fully saturated rings. The summed E-state index contributed by atoms with van der Waals surface area (Å²) < 4.78 is 6.60. The van der Waals surface area contributed by atoms with Crippen LogP contribution in [0.3, 0.4) is 0 Å². The summed E-state index contributed by atoms with van der Waals surface area (Å²) in [5, 5.41) is 11.0. The van der Waals surface area contributed by atoms with E-state index in [9.17, 15) is 4.79 Å². The maximum absolute atomic E-state index is 12.5. The summed E-state index contributed by atoms with van der Waals surface area (Å²) in [7, 11) is 0. The lowest BCUT2D eigenvalue weighted by Crippen LogP contribution is -2.24. The number of nitrogens with one attached hydrogen (secondary N) is 1. The summed E-state index contributed by atoms with van der Waals surface area (Å²) in [6.45, 7) is 5.78. The minimum atomic E-state index is -0.392. The summed E-state index contributed by atoms with van der Waals surface area (Å²) in [4.78, 5) is 12.5. The Morgan fingerprint density at radius 2 is 2.12 bits per heavy atom. The van der Waals surface area contributed by atoms with E-state index in [-0.39, 0.29) is 5.91 Å². The lowest BCUT2D eigenvalue weighted by atomic mass is 10.1. The van der Waals surface area contributed by atoms with Gasteiger partial charge in [-0.25, -0.2) is 4.68 Å². The van der Waals surface area contributed by atoms with E-state index in [2.05, 4.69) is 15.5 Å². The van der Waals surface area contributed by atoms with Crippen molar-refractivity contribution in [3.8, 4) is 11.6 Å². The molecule has 1 atom stereocenters. The highest BCUT2D eigenvalue weighted by atomic mass is 32.2. The average molecular weight is 357 g/mol. The lowest BCUT2D eigenvalue weighted by molar-refractivity contribution is -0.115. The van der Waals surface area contributed by atoms with Crippen LogP contribution >= 0.6 is 11.8 Å². The molecule has 130 valence electrons. The van der Waals surface area contributed by atoms with Crippen LogP contribution in [0, 0.1) is 13.8 Å². The van der Waals surface area contributed by atoms with Crippen molar-refractivity contribution in [2.75, 3.05) is 11.2 Å². The van der Waals surface area contributed by atoms with Crippen LogP contribution in [-0.4, -0.2) is 26.0 Å². The number of carbonyl (C=O) groups excluding carboxylic acids is 1. The van der Waals surface area contributed by atoms with Gasteiger partial charge < -0.3 is 15.6 Å². The summed E-state index contributed by atoms with van der Waals surface area (Å²) in [5.41, 5.74) is 2.97. The van der Waals surface area contributed by atoms with E-state index in [1.165, 1.54) is 22.7 Å². The molecule has 0 saturated carbocycles. The molecular formula is C17H19N5O2S. The molecule has 1 unspecified atom stereocenters. The minimum Gasteiger partial charge on any atom is -0.461 e. The van der Waals surface area contributed by atoms with Crippen molar-refractivity contribution in [3.63, 3.8) is 0 Å². The first-order valence-corrected chi connectivity index (χ1v) is 8.63. The summed E-state index contributed by atoms with van der Waals surface area (Å²) >= 11 is 1.24. The van der Waals surface area contributed by atoms with Gasteiger partial charge >= 0.3 is 0 Å². The third-order valence-electron chi connectivity index (χ3n) is 3.70. The van der Waals surface area contributed by atoms with Gasteiger partial charge in [0.2, 0.25) is 16.9 Å². The molecule has 0 aliphatic heterocycles. The monoisotopic (exact) mass is 357 g/mol. The third-order valence-corrected chi connectivity index (χ3v) is 4.75. The van der Waals surface area contributed by atoms with Crippen LogP contribution in [0.25, 0.3) is 11.6 Å². The van der Waals surface area contributed by atoms with Crippen molar-refractivity contribution in [1.82, 2.24) is 14.9 Å². The Kier molecular flexibility index (Phi) is 4.80. The molecule has 0 saturated heterocycles. The van der Waals surface area contributed by atoms with E-state index < -0.39 is 5.25 Å². The Morgan fingerprint density at radius 3 is 2.80 bits per heavy atom. The standard InChI is InChI=1S/C17H19N5O2S/c1-10-6-7-13(11(2)9-10)19-16(23)12(3)25-17-21-20-15(22(17)18)14-5-4-8-24-14/h4-9,12H,18H2,1-3H3,(H,19,23).